The Labute approximate surface area is 240 Å². The highest BCUT2D eigenvalue weighted by atomic mass is 16.5. The molecule has 0 radical (unpaired) electrons. The number of rotatable bonds is 9. The van der Waals surface area contributed by atoms with Crippen LogP contribution in [0.3, 0.4) is 0 Å². The van der Waals surface area contributed by atoms with Gasteiger partial charge in [-0.1, -0.05) is 60.7 Å². The van der Waals surface area contributed by atoms with Crippen molar-refractivity contribution in [3.8, 4) is 39.8 Å². The van der Waals surface area contributed by atoms with Crippen molar-refractivity contribution < 1.29 is 14.3 Å². The number of benzene rings is 5. The fourth-order valence-electron chi connectivity index (χ4n) is 4.61. The van der Waals surface area contributed by atoms with Gasteiger partial charge >= 0.3 is 0 Å². The highest BCUT2D eigenvalue weighted by Gasteiger charge is 2.13. The number of nitriles is 1. The maximum Gasteiger partial charge on any atom is 0.160 e. The Bertz CT molecular complexity index is 1630. The number of hydrogen-bond acceptors (Lipinski definition) is 5. The molecule has 5 heteroatoms. The third kappa shape index (κ3) is 6.19. The van der Waals surface area contributed by atoms with Crippen LogP contribution in [-0.2, 0) is 4.79 Å². The maximum absolute atomic E-state index is 10.9. The Morgan fingerprint density at radius 3 is 1.27 bits per heavy atom. The lowest BCUT2D eigenvalue weighted by Crippen LogP contribution is -2.09. The zero-order valence-electron chi connectivity index (χ0n) is 22.8. The first-order valence-electron chi connectivity index (χ1n) is 13.1. The summed E-state index contributed by atoms with van der Waals surface area (Å²) >= 11 is 0. The monoisotopic (exact) mass is 536 g/mol. The van der Waals surface area contributed by atoms with E-state index in [-0.39, 0.29) is 5.57 Å². The molecule has 0 aliphatic carbocycles. The number of allylic oxidation sites excluding steroid dienone is 1. The molecule has 5 aromatic rings. The highest BCUT2D eigenvalue weighted by molar-refractivity contribution is 5.87. The van der Waals surface area contributed by atoms with Gasteiger partial charge in [-0.3, -0.25) is 4.79 Å². The van der Waals surface area contributed by atoms with Crippen molar-refractivity contribution in [1.82, 2.24) is 0 Å². The van der Waals surface area contributed by atoms with Crippen molar-refractivity contribution in [3.05, 3.63) is 132 Å². The van der Waals surface area contributed by atoms with Crippen molar-refractivity contribution >= 4 is 29.4 Å². The summed E-state index contributed by atoms with van der Waals surface area (Å²) in [6.45, 7) is 0. The van der Waals surface area contributed by atoms with E-state index in [2.05, 4.69) is 53.4 Å². The third-order valence-electron chi connectivity index (χ3n) is 6.83. The molecule has 0 fully saturated rings. The molecule has 0 aromatic heterocycles. The highest BCUT2D eigenvalue weighted by Crippen LogP contribution is 2.37. The van der Waals surface area contributed by atoms with Crippen LogP contribution in [0.4, 0.5) is 17.1 Å². The fraction of sp³-hybridized carbons (Fsp3) is 0.0556. The van der Waals surface area contributed by atoms with E-state index >= 15 is 0 Å². The van der Waals surface area contributed by atoms with E-state index in [1.807, 2.05) is 78.9 Å². The molecular weight excluding hydrogens is 508 g/mol. The molecule has 0 aliphatic rings. The minimum atomic E-state index is 0.101. The van der Waals surface area contributed by atoms with Crippen LogP contribution < -0.4 is 14.4 Å². The van der Waals surface area contributed by atoms with Gasteiger partial charge in [0.1, 0.15) is 17.6 Å². The van der Waals surface area contributed by atoms with Crippen LogP contribution in [0, 0.1) is 11.3 Å². The van der Waals surface area contributed by atoms with E-state index in [1.165, 1.54) is 0 Å². The Morgan fingerprint density at radius 1 is 0.585 bits per heavy atom. The molecule has 0 heterocycles. The fourth-order valence-corrected chi connectivity index (χ4v) is 4.61. The molecule has 200 valence electrons. The first kappa shape index (κ1) is 27.0. The van der Waals surface area contributed by atoms with Crippen LogP contribution in [-0.4, -0.2) is 20.5 Å². The van der Waals surface area contributed by atoms with Gasteiger partial charge in [-0.15, -0.1) is 0 Å². The minimum absolute atomic E-state index is 0.101. The first-order valence-corrected chi connectivity index (χ1v) is 13.1. The predicted molar refractivity (Wildman–Crippen MR) is 165 cm³/mol. The van der Waals surface area contributed by atoms with E-state index in [0.717, 1.165) is 56.4 Å². The number of methoxy groups -OCH3 is 2. The van der Waals surface area contributed by atoms with Crippen LogP contribution in [0.1, 0.15) is 5.56 Å². The van der Waals surface area contributed by atoms with E-state index in [1.54, 1.807) is 20.3 Å². The molecule has 0 amide bonds. The van der Waals surface area contributed by atoms with Gasteiger partial charge in [0.05, 0.1) is 19.8 Å². The third-order valence-corrected chi connectivity index (χ3v) is 6.83. The summed E-state index contributed by atoms with van der Waals surface area (Å²) in [6, 6.07) is 42.6. The summed E-state index contributed by atoms with van der Waals surface area (Å²) in [5.41, 5.74) is 8.35. The van der Waals surface area contributed by atoms with Crippen LogP contribution in [0.15, 0.2) is 127 Å². The Balaban J connectivity index is 1.39. The molecular formula is C36H28N2O3. The van der Waals surface area contributed by atoms with Crippen LogP contribution in [0.5, 0.6) is 11.5 Å². The summed E-state index contributed by atoms with van der Waals surface area (Å²) in [5, 5.41) is 8.96. The number of ether oxygens (including phenoxy) is 2. The SMILES string of the molecule is COc1ccc(N(c2ccc(OC)cc2)c2ccc(-c3ccc(-c4ccc(/C=C(\C#N)C=O)cc4)cc3)cc2)cc1. The summed E-state index contributed by atoms with van der Waals surface area (Å²) in [7, 11) is 3.33. The molecule has 0 spiro atoms. The molecule has 5 aromatic carbocycles. The van der Waals surface area contributed by atoms with E-state index < -0.39 is 0 Å². The number of aldehydes is 1. The molecule has 0 aliphatic heterocycles. The normalized spacial score (nSPS) is 10.9. The van der Waals surface area contributed by atoms with Gasteiger partial charge < -0.3 is 14.4 Å². The second-order valence-corrected chi connectivity index (χ2v) is 9.31. The van der Waals surface area contributed by atoms with Gasteiger partial charge in [0, 0.05) is 17.1 Å². The van der Waals surface area contributed by atoms with Crippen LogP contribution >= 0.6 is 0 Å². The number of hydrogen-bond donors (Lipinski definition) is 0. The molecule has 41 heavy (non-hydrogen) atoms. The zero-order valence-corrected chi connectivity index (χ0v) is 22.8. The first-order chi connectivity index (χ1) is 20.1. The molecule has 0 N–H and O–H groups in total. The average molecular weight is 537 g/mol. The van der Waals surface area contributed by atoms with E-state index in [4.69, 9.17) is 14.7 Å². The average Bonchev–Trinajstić information content (AvgIpc) is 3.05. The van der Waals surface area contributed by atoms with Crippen molar-refractivity contribution in [2.75, 3.05) is 19.1 Å². The largest absolute Gasteiger partial charge is 0.497 e. The van der Waals surface area contributed by atoms with Gasteiger partial charge in [-0.2, -0.15) is 5.26 Å². The predicted octanol–water partition coefficient (Wildman–Crippen LogP) is 8.61. The lowest BCUT2D eigenvalue weighted by Gasteiger charge is -2.26. The molecule has 0 bridgehead atoms. The smallest absolute Gasteiger partial charge is 0.160 e. The second kappa shape index (κ2) is 12.5. The number of anilines is 3. The minimum Gasteiger partial charge on any atom is -0.497 e. The molecule has 5 rings (SSSR count). The molecule has 0 saturated heterocycles. The van der Waals surface area contributed by atoms with Gasteiger partial charge in [-0.05, 0) is 94.6 Å². The lowest BCUT2D eigenvalue weighted by molar-refractivity contribution is -0.104. The van der Waals surface area contributed by atoms with E-state index in [0.29, 0.717) is 6.29 Å². The Hall–Kier alpha value is -5.60. The van der Waals surface area contributed by atoms with Crippen molar-refractivity contribution in [2.24, 2.45) is 0 Å². The van der Waals surface area contributed by atoms with Crippen molar-refractivity contribution in [3.63, 3.8) is 0 Å². The summed E-state index contributed by atoms with van der Waals surface area (Å²) in [4.78, 5) is 13.1. The molecule has 0 atom stereocenters. The summed E-state index contributed by atoms with van der Waals surface area (Å²) < 4.78 is 10.7. The maximum atomic E-state index is 10.9. The lowest BCUT2D eigenvalue weighted by atomic mass is 9.99. The molecule has 5 nitrogen and oxygen atoms in total. The second-order valence-electron chi connectivity index (χ2n) is 9.31. The van der Waals surface area contributed by atoms with Gasteiger partial charge in [-0.25, -0.2) is 0 Å². The Morgan fingerprint density at radius 2 is 0.927 bits per heavy atom. The summed E-state index contributed by atoms with van der Waals surface area (Å²) in [6.07, 6.45) is 2.14. The number of carbonyl (C=O) groups excluding carboxylic acids is 1. The van der Waals surface area contributed by atoms with Crippen molar-refractivity contribution in [2.45, 2.75) is 0 Å². The van der Waals surface area contributed by atoms with E-state index in [9.17, 15) is 4.79 Å². The Kier molecular flexibility index (Phi) is 8.23. The topological polar surface area (TPSA) is 62.6 Å². The standard InChI is InChI=1S/C36H28N2O3/c1-40-35-19-15-33(16-20-35)38(34-17-21-36(41-2)22-18-34)32-13-11-31(12-14-32)30-9-7-29(8-10-30)28-5-3-26(4-6-28)23-27(24-37)25-39/h3-23,25H,1-2H3/b27-23+. The van der Waals surface area contributed by atoms with Gasteiger partial charge in [0.2, 0.25) is 0 Å². The van der Waals surface area contributed by atoms with Gasteiger partial charge in [0.15, 0.2) is 6.29 Å². The molecule has 0 unspecified atom stereocenters. The van der Waals surface area contributed by atoms with Crippen LogP contribution in [0.2, 0.25) is 0 Å². The number of carbonyl (C=O) groups is 1. The van der Waals surface area contributed by atoms with Crippen molar-refractivity contribution in [1.29, 1.82) is 5.26 Å². The van der Waals surface area contributed by atoms with Gasteiger partial charge in [0.25, 0.3) is 0 Å². The zero-order chi connectivity index (χ0) is 28.6. The summed E-state index contributed by atoms with van der Waals surface area (Å²) in [5.74, 6) is 1.61. The van der Waals surface area contributed by atoms with Crippen LogP contribution in [0.25, 0.3) is 28.3 Å². The quantitative estimate of drug-likeness (QED) is 0.107. The number of nitrogens with zero attached hydrogens (tertiary/aromatic N) is 2. The molecule has 0 saturated carbocycles.